The number of rotatable bonds is 3. The van der Waals surface area contributed by atoms with Crippen molar-refractivity contribution in [1.29, 1.82) is 0 Å². The number of fused-ring (bicyclic) bond motifs is 1. The first kappa shape index (κ1) is 11.3. The number of H-pyrrole nitrogens is 1. The Morgan fingerprint density at radius 1 is 1.50 bits per heavy atom. The minimum atomic E-state index is -0.276. The molecule has 3 rings (SSSR count). The van der Waals surface area contributed by atoms with E-state index in [1.54, 1.807) is 17.2 Å². The van der Waals surface area contributed by atoms with E-state index in [-0.39, 0.29) is 11.7 Å². The van der Waals surface area contributed by atoms with Gasteiger partial charge in [-0.25, -0.2) is 4.39 Å². The molecule has 0 unspecified atom stereocenters. The largest absolute Gasteiger partial charge is 0.359 e. The van der Waals surface area contributed by atoms with Crippen LogP contribution in [-0.2, 0) is 11.2 Å². The molecule has 1 aliphatic carbocycles. The Labute approximate surface area is 105 Å². The Hall–Kier alpha value is -1.84. The van der Waals surface area contributed by atoms with Crippen molar-refractivity contribution in [2.75, 3.05) is 7.05 Å². The van der Waals surface area contributed by atoms with Crippen LogP contribution in [0.2, 0.25) is 0 Å². The summed E-state index contributed by atoms with van der Waals surface area (Å²) in [5.41, 5.74) is 1.34. The van der Waals surface area contributed by atoms with Gasteiger partial charge in [0, 0.05) is 24.7 Å². The van der Waals surface area contributed by atoms with Crippen LogP contribution in [0.15, 0.2) is 24.4 Å². The number of hydrogen-bond donors (Lipinski definition) is 1. The molecule has 94 valence electrons. The fraction of sp³-hybridized carbons (Fsp3) is 0.357. The quantitative estimate of drug-likeness (QED) is 0.887. The van der Waals surface area contributed by atoms with Crippen molar-refractivity contribution >= 4 is 16.8 Å². The van der Waals surface area contributed by atoms with E-state index < -0.39 is 0 Å². The maximum atomic E-state index is 13.5. The lowest BCUT2D eigenvalue weighted by atomic mass is 10.1. The van der Waals surface area contributed by atoms with Crippen molar-refractivity contribution in [2.24, 2.45) is 0 Å². The number of likely N-dealkylation sites (N-methyl/N-ethyl adjacent to an activating group) is 1. The molecular weight excluding hydrogens is 231 g/mol. The monoisotopic (exact) mass is 246 g/mol. The third-order valence-corrected chi connectivity index (χ3v) is 3.58. The molecule has 0 aliphatic heterocycles. The standard InChI is InChI=1S/C14H15FN2O/c1-17(10-5-6-10)13(18)7-9-8-16-14-11(9)3-2-4-12(14)15/h2-4,8,10,16H,5-7H2,1H3. The van der Waals surface area contributed by atoms with Gasteiger partial charge in [0.2, 0.25) is 5.91 Å². The number of benzene rings is 1. The van der Waals surface area contributed by atoms with Gasteiger partial charge in [0.25, 0.3) is 0 Å². The number of halogens is 1. The molecule has 1 N–H and O–H groups in total. The summed E-state index contributed by atoms with van der Waals surface area (Å²) in [5, 5.41) is 0.799. The van der Waals surface area contributed by atoms with Gasteiger partial charge < -0.3 is 9.88 Å². The highest BCUT2D eigenvalue weighted by Crippen LogP contribution is 2.27. The van der Waals surface area contributed by atoms with Crippen molar-refractivity contribution in [2.45, 2.75) is 25.3 Å². The van der Waals surface area contributed by atoms with Crippen molar-refractivity contribution in [3.63, 3.8) is 0 Å². The summed E-state index contributed by atoms with van der Waals surface area (Å²) in [6, 6.07) is 5.35. The smallest absolute Gasteiger partial charge is 0.227 e. The van der Waals surface area contributed by atoms with Crippen LogP contribution < -0.4 is 0 Å². The van der Waals surface area contributed by atoms with Crippen LogP contribution in [0.5, 0.6) is 0 Å². The zero-order valence-electron chi connectivity index (χ0n) is 10.2. The average Bonchev–Trinajstić information content (AvgIpc) is 3.12. The highest BCUT2D eigenvalue weighted by molar-refractivity contribution is 5.89. The van der Waals surface area contributed by atoms with Crippen molar-refractivity contribution in [3.05, 3.63) is 35.8 Å². The lowest BCUT2D eigenvalue weighted by molar-refractivity contribution is -0.129. The molecule has 1 aliphatic rings. The Kier molecular flexibility index (Phi) is 2.58. The van der Waals surface area contributed by atoms with Crippen molar-refractivity contribution in [1.82, 2.24) is 9.88 Å². The second kappa shape index (κ2) is 4.12. The topological polar surface area (TPSA) is 36.1 Å². The van der Waals surface area contributed by atoms with E-state index in [4.69, 9.17) is 0 Å². The summed E-state index contributed by atoms with van der Waals surface area (Å²) < 4.78 is 13.5. The van der Waals surface area contributed by atoms with Crippen LogP contribution in [0.4, 0.5) is 4.39 Å². The van der Waals surface area contributed by atoms with Gasteiger partial charge in [-0.15, -0.1) is 0 Å². The molecule has 1 saturated carbocycles. The average molecular weight is 246 g/mol. The highest BCUT2D eigenvalue weighted by atomic mass is 19.1. The predicted molar refractivity (Wildman–Crippen MR) is 67.8 cm³/mol. The van der Waals surface area contributed by atoms with E-state index >= 15 is 0 Å². The number of carbonyl (C=O) groups is 1. The number of amides is 1. The third-order valence-electron chi connectivity index (χ3n) is 3.58. The van der Waals surface area contributed by atoms with Gasteiger partial charge in [-0.1, -0.05) is 12.1 Å². The highest BCUT2D eigenvalue weighted by Gasteiger charge is 2.29. The van der Waals surface area contributed by atoms with Gasteiger partial charge in [0.05, 0.1) is 11.9 Å². The molecular formula is C14H15FN2O. The number of nitrogens with one attached hydrogen (secondary N) is 1. The zero-order valence-corrected chi connectivity index (χ0v) is 10.2. The Morgan fingerprint density at radius 3 is 3.00 bits per heavy atom. The lowest BCUT2D eigenvalue weighted by Crippen LogP contribution is -2.30. The Morgan fingerprint density at radius 2 is 2.28 bits per heavy atom. The van der Waals surface area contributed by atoms with Crippen LogP contribution in [0, 0.1) is 5.82 Å². The fourth-order valence-electron chi connectivity index (χ4n) is 2.27. The minimum absolute atomic E-state index is 0.0997. The maximum Gasteiger partial charge on any atom is 0.227 e. The second-order valence-electron chi connectivity index (χ2n) is 4.89. The van der Waals surface area contributed by atoms with Gasteiger partial charge >= 0.3 is 0 Å². The van der Waals surface area contributed by atoms with Crippen LogP contribution in [0.3, 0.4) is 0 Å². The second-order valence-corrected chi connectivity index (χ2v) is 4.89. The van der Waals surface area contributed by atoms with E-state index in [9.17, 15) is 9.18 Å². The third kappa shape index (κ3) is 1.88. The molecule has 0 atom stereocenters. The molecule has 0 radical (unpaired) electrons. The minimum Gasteiger partial charge on any atom is -0.359 e. The fourth-order valence-corrected chi connectivity index (χ4v) is 2.27. The molecule has 0 spiro atoms. The van der Waals surface area contributed by atoms with E-state index in [1.165, 1.54) is 6.07 Å². The molecule has 0 saturated heterocycles. The predicted octanol–water partition coefficient (Wildman–Crippen LogP) is 2.47. The lowest BCUT2D eigenvalue weighted by Gasteiger charge is -2.15. The molecule has 1 amide bonds. The van der Waals surface area contributed by atoms with Crippen molar-refractivity contribution < 1.29 is 9.18 Å². The molecule has 1 aromatic heterocycles. The molecule has 2 aromatic rings. The number of nitrogens with zero attached hydrogens (tertiary/aromatic N) is 1. The molecule has 0 bridgehead atoms. The van der Waals surface area contributed by atoms with Gasteiger partial charge in [-0.3, -0.25) is 4.79 Å². The molecule has 3 nitrogen and oxygen atoms in total. The normalized spacial score (nSPS) is 15.0. The number of para-hydroxylation sites is 1. The van der Waals surface area contributed by atoms with E-state index in [2.05, 4.69) is 4.98 Å². The number of hydrogen-bond acceptors (Lipinski definition) is 1. The van der Waals surface area contributed by atoms with Crippen molar-refractivity contribution in [3.8, 4) is 0 Å². The Balaban J connectivity index is 1.86. The van der Waals surface area contributed by atoms with E-state index in [0.29, 0.717) is 18.0 Å². The first-order valence-corrected chi connectivity index (χ1v) is 6.17. The summed E-state index contributed by atoms with van der Waals surface area (Å²) in [4.78, 5) is 16.7. The maximum absolute atomic E-state index is 13.5. The van der Waals surface area contributed by atoms with Crippen LogP contribution >= 0.6 is 0 Å². The number of carbonyl (C=O) groups excluding carboxylic acids is 1. The summed E-state index contributed by atoms with van der Waals surface area (Å²) >= 11 is 0. The molecule has 18 heavy (non-hydrogen) atoms. The molecule has 1 fully saturated rings. The van der Waals surface area contributed by atoms with Crippen LogP contribution in [-0.4, -0.2) is 28.9 Å². The molecule has 1 aromatic carbocycles. The summed E-state index contributed by atoms with van der Waals surface area (Å²) in [7, 11) is 1.84. The molecule has 4 heteroatoms. The van der Waals surface area contributed by atoms with Gasteiger partial charge in [-0.2, -0.15) is 0 Å². The Bertz CT molecular complexity index is 601. The summed E-state index contributed by atoms with van der Waals surface area (Å²) in [6.07, 6.45) is 4.26. The van der Waals surface area contributed by atoms with E-state index in [1.807, 2.05) is 13.1 Å². The van der Waals surface area contributed by atoms with Gasteiger partial charge in [0.15, 0.2) is 0 Å². The summed E-state index contributed by atoms with van der Waals surface area (Å²) in [6.45, 7) is 0. The van der Waals surface area contributed by atoms with E-state index in [0.717, 1.165) is 23.8 Å². The van der Waals surface area contributed by atoms with Gasteiger partial charge in [-0.05, 0) is 24.5 Å². The summed E-state index contributed by atoms with van der Waals surface area (Å²) in [5.74, 6) is -0.176. The SMILES string of the molecule is CN(C(=O)Cc1c[nH]c2c(F)cccc12)C1CC1. The van der Waals surface area contributed by atoms with Crippen LogP contribution in [0.1, 0.15) is 18.4 Å². The first-order valence-electron chi connectivity index (χ1n) is 6.17. The van der Waals surface area contributed by atoms with Crippen LogP contribution in [0.25, 0.3) is 10.9 Å². The zero-order chi connectivity index (χ0) is 12.7. The number of aromatic nitrogens is 1. The van der Waals surface area contributed by atoms with Gasteiger partial charge in [0.1, 0.15) is 5.82 Å². The first-order chi connectivity index (χ1) is 8.66. The number of aromatic amines is 1. The molecule has 1 heterocycles.